The number of benzene rings is 1. The van der Waals surface area contributed by atoms with Gasteiger partial charge in [-0.15, -0.1) is 0 Å². The summed E-state index contributed by atoms with van der Waals surface area (Å²) >= 11 is 0. The monoisotopic (exact) mass is 228 g/mol. The molecule has 0 saturated carbocycles. The van der Waals surface area contributed by atoms with Crippen LogP contribution in [0.2, 0.25) is 0 Å². The molecule has 1 rings (SSSR count). The van der Waals surface area contributed by atoms with Crippen LogP contribution in [0, 0.1) is 5.92 Å². The number of aliphatic hydroxyl groups is 1. The summed E-state index contributed by atoms with van der Waals surface area (Å²) in [4.78, 5) is 0. The van der Waals surface area contributed by atoms with Crippen molar-refractivity contribution in [1.29, 1.82) is 0 Å². The van der Waals surface area contributed by atoms with Crippen molar-refractivity contribution < 1.29 is 13.9 Å². The van der Waals surface area contributed by atoms with Gasteiger partial charge in [0.1, 0.15) is 0 Å². The van der Waals surface area contributed by atoms with E-state index in [9.17, 15) is 13.9 Å². The predicted molar refractivity (Wildman–Crippen MR) is 60.7 cm³/mol. The Morgan fingerprint density at radius 2 is 1.69 bits per heavy atom. The lowest BCUT2D eigenvalue weighted by molar-refractivity contribution is 0.0174. The molecule has 1 aromatic rings. The molecule has 0 radical (unpaired) electrons. The summed E-state index contributed by atoms with van der Waals surface area (Å²) in [6.45, 7) is 4.93. The maximum Gasteiger partial charge on any atom is 0.270 e. The maximum atomic E-state index is 13.0. The summed E-state index contributed by atoms with van der Waals surface area (Å²) in [5.41, 5.74) is 0.919. The van der Waals surface area contributed by atoms with Crippen molar-refractivity contribution in [3.63, 3.8) is 0 Å². The first-order chi connectivity index (χ1) is 7.36. The topological polar surface area (TPSA) is 20.2 Å². The third-order valence-corrected chi connectivity index (χ3v) is 2.85. The average Bonchev–Trinajstić information content (AvgIpc) is 2.17. The molecular formula is C13H18F2O. The SMILES string of the molecule is CC(C)C(CO)c1ccc(C(C)(F)F)cc1. The van der Waals surface area contributed by atoms with Crippen LogP contribution in [-0.4, -0.2) is 11.7 Å². The minimum atomic E-state index is -2.80. The summed E-state index contributed by atoms with van der Waals surface area (Å²) in [5, 5.41) is 9.23. The van der Waals surface area contributed by atoms with Crippen LogP contribution in [-0.2, 0) is 5.92 Å². The van der Waals surface area contributed by atoms with Gasteiger partial charge in [-0.2, -0.15) is 0 Å². The van der Waals surface area contributed by atoms with Gasteiger partial charge in [0.2, 0.25) is 0 Å². The molecular weight excluding hydrogens is 210 g/mol. The quantitative estimate of drug-likeness (QED) is 0.835. The van der Waals surface area contributed by atoms with Crippen molar-refractivity contribution in [3.8, 4) is 0 Å². The van der Waals surface area contributed by atoms with Crippen LogP contribution in [0.3, 0.4) is 0 Å². The maximum absolute atomic E-state index is 13.0. The Hall–Kier alpha value is -0.960. The lowest BCUT2D eigenvalue weighted by Crippen LogP contribution is -2.12. The summed E-state index contributed by atoms with van der Waals surface area (Å²) < 4.78 is 26.0. The normalized spacial score (nSPS) is 14.2. The van der Waals surface area contributed by atoms with Gasteiger partial charge in [0.15, 0.2) is 0 Å². The number of hydrogen-bond donors (Lipinski definition) is 1. The minimum Gasteiger partial charge on any atom is -0.396 e. The van der Waals surface area contributed by atoms with E-state index >= 15 is 0 Å². The van der Waals surface area contributed by atoms with Gasteiger partial charge in [-0.25, -0.2) is 8.78 Å². The van der Waals surface area contributed by atoms with Crippen molar-refractivity contribution >= 4 is 0 Å². The number of hydrogen-bond acceptors (Lipinski definition) is 1. The lowest BCUT2D eigenvalue weighted by atomic mass is 9.88. The summed E-state index contributed by atoms with van der Waals surface area (Å²) in [6.07, 6.45) is 0. The van der Waals surface area contributed by atoms with Crippen LogP contribution in [0.25, 0.3) is 0 Å². The van der Waals surface area contributed by atoms with Crippen LogP contribution in [0.1, 0.15) is 37.8 Å². The zero-order chi connectivity index (χ0) is 12.3. The predicted octanol–water partition coefficient (Wildman–Crippen LogP) is 3.53. The molecule has 1 unspecified atom stereocenters. The Bertz CT molecular complexity index is 325. The van der Waals surface area contributed by atoms with E-state index in [1.54, 1.807) is 12.1 Å². The molecule has 1 atom stereocenters. The molecule has 0 amide bonds. The van der Waals surface area contributed by atoms with E-state index in [-0.39, 0.29) is 24.0 Å². The molecule has 0 spiro atoms. The van der Waals surface area contributed by atoms with Gasteiger partial charge in [0, 0.05) is 18.4 Å². The Balaban J connectivity index is 2.94. The van der Waals surface area contributed by atoms with E-state index in [1.807, 2.05) is 13.8 Å². The van der Waals surface area contributed by atoms with Crippen molar-refractivity contribution in [1.82, 2.24) is 0 Å². The highest BCUT2D eigenvalue weighted by Crippen LogP contribution is 2.29. The molecule has 0 aliphatic heterocycles. The van der Waals surface area contributed by atoms with Crippen LogP contribution < -0.4 is 0 Å². The second-order valence-corrected chi connectivity index (χ2v) is 4.54. The molecule has 0 fully saturated rings. The van der Waals surface area contributed by atoms with Gasteiger partial charge in [0.05, 0.1) is 6.61 Å². The third-order valence-electron chi connectivity index (χ3n) is 2.85. The molecule has 0 saturated heterocycles. The van der Waals surface area contributed by atoms with Gasteiger partial charge < -0.3 is 5.11 Å². The molecule has 1 aromatic carbocycles. The highest BCUT2D eigenvalue weighted by atomic mass is 19.3. The van der Waals surface area contributed by atoms with Gasteiger partial charge in [-0.1, -0.05) is 38.1 Å². The summed E-state index contributed by atoms with van der Waals surface area (Å²) in [6, 6.07) is 6.21. The number of rotatable bonds is 4. The highest BCUT2D eigenvalue weighted by Gasteiger charge is 2.24. The fraction of sp³-hybridized carbons (Fsp3) is 0.538. The van der Waals surface area contributed by atoms with E-state index in [4.69, 9.17) is 0 Å². The lowest BCUT2D eigenvalue weighted by Gasteiger charge is -2.19. The standard InChI is InChI=1S/C13H18F2O/c1-9(2)12(8-16)10-4-6-11(7-5-10)13(3,14)15/h4-7,9,12,16H,8H2,1-3H3. The second kappa shape index (κ2) is 4.91. The van der Waals surface area contributed by atoms with Gasteiger partial charge in [-0.3, -0.25) is 0 Å². The van der Waals surface area contributed by atoms with Crippen LogP contribution in [0.15, 0.2) is 24.3 Å². The molecule has 0 heterocycles. The molecule has 16 heavy (non-hydrogen) atoms. The second-order valence-electron chi connectivity index (χ2n) is 4.54. The van der Waals surface area contributed by atoms with Gasteiger partial charge >= 0.3 is 0 Å². The molecule has 0 aliphatic rings. The zero-order valence-electron chi connectivity index (χ0n) is 9.87. The van der Waals surface area contributed by atoms with Crippen molar-refractivity contribution in [2.24, 2.45) is 5.92 Å². The van der Waals surface area contributed by atoms with E-state index in [0.29, 0.717) is 0 Å². The van der Waals surface area contributed by atoms with Crippen molar-refractivity contribution in [3.05, 3.63) is 35.4 Å². The first-order valence-corrected chi connectivity index (χ1v) is 5.45. The molecule has 1 N–H and O–H groups in total. The molecule has 90 valence electrons. The third kappa shape index (κ3) is 3.01. The average molecular weight is 228 g/mol. The Kier molecular flexibility index (Phi) is 4.03. The number of halogens is 2. The molecule has 3 heteroatoms. The van der Waals surface area contributed by atoms with E-state index in [2.05, 4.69) is 0 Å². The molecule has 0 aromatic heterocycles. The van der Waals surface area contributed by atoms with Crippen molar-refractivity contribution in [2.45, 2.75) is 32.6 Å². The largest absolute Gasteiger partial charge is 0.396 e. The fourth-order valence-electron chi connectivity index (χ4n) is 1.72. The van der Waals surface area contributed by atoms with E-state index in [1.165, 1.54) is 12.1 Å². The van der Waals surface area contributed by atoms with Crippen LogP contribution in [0.5, 0.6) is 0 Å². The van der Waals surface area contributed by atoms with E-state index < -0.39 is 5.92 Å². The summed E-state index contributed by atoms with van der Waals surface area (Å²) in [5.74, 6) is -2.50. The van der Waals surface area contributed by atoms with Crippen LogP contribution >= 0.6 is 0 Å². The highest BCUT2D eigenvalue weighted by molar-refractivity contribution is 5.28. The number of aliphatic hydroxyl groups excluding tert-OH is 1. The first kappa shape index (κ1) is 13.1. The number of alkyl halides is 2. The fourth-order valence-corrected chi connectivity index (χ4v) is 1.72. The minimum absolute atomic E-state index is 0.0108. The van der Waals surface area contributed by atoms with Crippen molar-refractivity contribution in [2.75, 3.05) is 6.61 Å². The van der Waals surface area contributed by atoms with E-state index in [0.717, 1.165) is 12.5 Å². The first-order valence-electron chi connectivity index (χ1n) is 5.45. The van der Waals surface area contributed by atoms with Crippen LogP contribution in [0.4, 0.5) is 8.78 Å². The Labute approximate surface area is 95.1 Å². The van der Waals surface area contributed by atoms with Gasteiger partial charge in [-0.05, 0) is 11.5 Å². The Morgan fingerprint density at radius 1 is 1.19 bits per heavy atom. The molecule has 1 nitrogen and oxygen atoms in total. The summed E-state index contributed by atoms with van der Waals surface area (Å²) in [7, 11) is 0. The molecule has 0 bridgehead atoms. The zero-order valence-corrected chi connectivity index (χ0v) is 9.87. The Morgan fingerprint density at radius 3 is 2.00 bits per heavy atom. The van der Waals surface area contributed by atoms with Gasteiger partial charge in [0.25, 0.3) is 5.92 Å². The smallest absolute Gasteiger partial charge is 0.270 e. The molecule has 0 aliphatic carbocycles.